The number of ether oxygens (including phenoxy) is 2. The highest BCUT2D eigenvalue weighted by atomic mass is 16.5. The molecule has 1 atom stereocenters. The van der Waals surface area contributed by atoms with E-state index in [1.165, 1.54) is 36.3 Å². The number of fused-ring (bicyclic) bond motifs is 1. The molecule has 2 aromatic rings. The van der Waals surface area contributed by atoms with E-state index < -0.39 is 0 Å². The van der Waals surface area contributed by atoms with Crippen LogP contribution in [0.4, 0.5) is 0 Å². The van der Waals surface area contributed by atoms with Crippen molar-refractivity contribution in [1.82, 2.24) is 4.90 Å². The zero-order valence-corrected chi connectivity index (χ0v) is 19.5. The van der Waals surface area contributed by atoms with Crippen molar-refractivity contribution in [3.05, 3.63) is 42.0 Å². The van der Waals surface area contributed by atoms with Crippen molar-refractivity contribution in [1.29, 1.82) is 0 Å². The molecule has 1 unspecified atom stereocenters. The maximum absolute atomic E-state index is 12.0. The number of carbonyl (C=O) groups excluding carboxylic acids is 1. The van der Waals surface area contributed by atoms with Gasteiger partial charge in [-0.2, -0.15) is 0 Å². The van der Waals surface area contributed by atoms with Crippen LogP contribution >= 0.6 is 0 Å². The van der Waals surface area contributed by atoms with Crippen molar-refractivity contribution in [2.24, 2.45) is 11.3 Å². The molecule has 0 aromatic heterocycles. The highest BCUT2D eigenvalue weighted by molar-refractivity contribution is 5.84. The Morgan fingerprint density at radius 1 is 1.00 bits per heavy atom. The minimum absolute atomic E-state index is 0.107. The Bertz CT molecular complexity index is 908. The van der Waals surface area contributed by atoms with Crippen molar-refractivity contribution >= 4 is 16.7 Å². The molecule has 0 spiro atoms. The van der Waals surface area contributed by atoms with Gasteiger partial charge in [0.05, 0.1) is 13.2 Å². The van der Waals surface area contributed by atoms with E-state index in [2.05, 4.69) is 62.1 Å². The van der Waals surface area contributed by atoms with Gasteiger partial charge >= 0.3 is 5.97 Å². The molecule has 4 rings (SSSR count). The number of methoxy groups -OCH3 is 1. The average Bonchev–Trinajstić information content (AvgIpc) is 3.21. The lowest BCUT2D eigenvalue weighted by Crippen LogP contribution is -2.36. The molecule has 1 heterocycles. The van der Waals surface area contributed by atoms with Gasteiger partial charge in [0.1, 0.15) is 11.8 Å². The lowest BCUT2D eigenvalue weighted by Gasteiger charge is -2.37. The van der Waals surface area contributed by atoms with Gasteiger partial charge in [0.15, 0.2) is 0 Å². The fourth-order valence-corrected chi connectivity index (χ4v) is 5.34. The first kappa shape index (κ1) is 22.1. The minimum Gasteiger partial charge on any atom is -0.490 e. The number of nitrogens with zero attached hydrogens (tertiary/aromatic N) is 1. The van der Waals surface area contributed by atoms with Crippen LogP contribution in [0.1, 0.15) is 64.9 Å². The molecule has 31 heavy (non-hydrogen) atoms. The van der Waals surface area contributed by atoms with Crippen LogP contribution in [-0.4, -0.2) is 36.7 Å². The third-order valence-electron chi connectivity index (χ3n) is 7.30. The minimum atomic E-state index is -0.114. The number of likely N-dealkylation sites (tertiary alicyclic amines) is 1. The summed E-state index contributed by atoms with van der Waals surface area (Å²) in [4.78, 5) is 14.3. The van der Waals surface area contributed by atoms with Crippen molar-refractivity contribution in [2.45, 2.75) is 78.0 Å². The van der Waals surface area contributed by atoms with E-state index in [4.69, 9.17) is 9.47 Å². The fraction of sp³-hybridized carbons (Fsp3) is 0.593. The normalized spacial score (nSPS) is 25.0. The monoisotopic (exact) mass is 423 g/mol. The van der Waals surface area contributed by atoms with E-state index in [0.29, 0.717) is 11.5 Å². The molecule has 1 saturated heterocycles. The Hall–Kier alpha value is -2.07. The first-order valence-electron chi connectivity index (χ1n) is 11.8. The average molecular weight is 424 g/mol. The van der Waals surface area contributed by atoms with Crippen molar-refractivity contribution in [2.75, 3.05) is 13.7 Å². The molecule has 168 valence electrons. The van der Waals surface area contributed by atoms with Crippen LogP contribution in [0.3, 0.4) is 0 Å². The SMILES string of the molecule is COC(=O)C1CCCN1Cc1ccc2cc(OC3CCC(C(C)(C)C)CC3)ccc2c1. The number of esters is 1. The number of hydrogen-bond donors (Lipinski definition) is 0. The molecule has 0 bridgehead atoms. The van der Waals surface area contributed by atoms with E-state index in [1.54, 1.807) is 0 Å². The van der Waals surface area contributed by atoms with Crippen LogP contribution in [-0.2, 0) is 16.1 Å². The van der Waals surface area contributed by atoms with Crippen LogP contribution in [0.25, 0.3) is 10.8 Å². The molecule has 0 N–H and O–H groups in total. The van der Waals surface area contributed by atoms with Crippen molar-refractivity contribution < 1.29 is 14.3 Å². The zero-order chi connectivity index (χ0) is 22.0. The summed E-state index contributed by atoms with van der Waals surface area (Å²) < 4.78 is 11.3. The smallest absolute Gasteiger partial charge is 0.323 e. The number of rotatable bonds is 5. The van der Waals surface area contributed by atoms with E-state index in [-0.39, 0.29) is 12.0 Å². The maximum atomic E-state index is 12.0. The lowest BCUT2D eigenvalue weighted by atomic mass is 9.72. The Labute approximate surface area is 186 Å². The van der Waals surface area contributed by atoms with E-state index >= 15 is 0 Å². The molecule has 2 aliphatic rings. The Morgan fingerprint density at radius 3 is 2.42 bits per heavy atom. The first-order valence-corrected chi connectivity index (χ1v) is 11.8. The quantitative estimate of drug-likeness (QED) is 0.556. The van der Waals surface area contributed by atoms with Gasteiger partial charge in [-0.25, -0.2) is 0 Å². The highest BCUT2D eigenvalue weighted by Gasteiger charge is 2.32. The summed E-state index contributed by atoms with van der Waals surface area (Å²) in [6.45, 7) is 8.80. The standard InChI is InChI=1S/C27H37NO3/c1-27(2,3)22-10-13-23(14-11-22)31-24-12-9-20-16-19(7-8-21(20)17-24)18-28-15-5-6-25(28)26(29)30-4/h7-9,12,16-17,22-23,25H,5-6,10-11,13-15,18H2,1-4H3. The molecule has 1 aliphatic heterocycles. The topological polar surface area (TPSA) is 38.8 Å². The van der Waals surface area contributed by atoms with Gasteiger partial charge < -0.3 is 9.47 Å². The summed E-state index contributed by atoms with van der Waals surface area (Å²) in [7, 11) is 1.48. The van der Waals surface area contributed by atoms with Crippen LogP contribution in [0.15, 0.2) is 36.4 Å². The molecule has 0 radical (unpaired) electrons. The van der Waals surface area contributed by atoms with Gasteiger partial charge in [-0.1, -0.05) is 39.0 Å². The second-order valence-corrected chi connectivity index (χ2v) is 10.5. The summed E-state index contributed by atoms with van der Waals surface area (Å²) in [6.07, 6.45) is 7.08. The number of benzene rings is 2. The second-order valence-electron chi connectivity index (χ2n) is 10.5. The Kier molecular flexibility index (Phi) is 6.57. The van der Waals surface area contributed by atoms with Crippen LogP contribution in [0.2, 0.25) is 0 Å². The van der Waals surface area contributed by atoms with Crippen molar-refractivity contribution in [3.63, 3.8) is 0 Å². The van der Waals surface area contributed by atoms with Crippen LogP contribution in [0.5, 0.6) is 5.75 Å². The zero-order valence-electron chi connectivity index (χ0n) is 19.5. The Morgan fingerprint density at radius 2 is 1.71 bits per heavy atom. The van der Waals surface area contributed by atoms with Gasteiger partial charge in [-0.15, -0.1) is 0 Å². The van der Waals surface area contributed by atoms with E-state index in [0.717, 1.165) is 50.4 Å². The van der Waals surface area contributed by atoms with Crippen molar-refractivity contribution in [3.8, 4) is 5.75 Å². The summed E-state index contributed by atoms with van der Waals surface area (Å²) in [5, 5.41) is 2.42. The largest absolute Gasteiger partial charge is 0.490 e. The van der Waals surface area contributed by atoms with Gasteiger partial charge in [-0.05, 0) is 90.9 Å². The lowest BCUT2D eigenvalue weighted by molar-refractivity contribution is -0.146. The molecule has 2 aromatic carbocycles. The third kappa shape index (κ3) is 5.23. The summed E-state index contributed by atoms with van der Waals surface area (Å²) >= 11 is 0. The number of hydrogen-bond acceptors (Lipinski definition) is 4. The summed E-state index contributed by atoms with van der Waals surface area (Å²) in [5.41, 5.74) is 1.63. The second kappa shape index (κ2) is 9.20. The van der Waals surface area contributed by atoms with Gasteiger partial charge in [0, 0.05) is 6.54 Å². The van der Waals surface area contributed by atoms with Gasteiger partial charge in [0.2, 0.25) is 0 Å². The molecule has 4 heteroatoms. The maximum Gasteiger partial charge on any atom is 0.323 e. The summed E-state index contributed by atoms with van der Waals surface area (Å²) in [6, 6.07) is 12.9. The van der Waals surface area contributed by atoms with E-state index in [1.807, 2.05) is 0 Å². The highest BCUT2D eigenvalue weighted by Crippen LogP contribution is 2.39. The predicted molar refractivity (Wildman–Crippen MR) is 125 cm³/mol. The number of carbonyl (C=O) groups is 1. The molecule has 2 fully saturated rings. The molecule has 1 aliphatic carbocycles. The van der Waals surface area contributed by atoms with Crippen LogP contribution < -0.4 is 4.74 Å². The van der Waals surface area contributed by atoms with Crippen LogP contribution in [0, 0.1) is 11.3 Å². The fourth-order valence-electron chi connectivity index (χ4n) is 5.34. The molecular weight excluding hydrogens is 386 g/mol. The Balaban J connectivity index is 1.39. The van der Waals surface area contributed by atoms with Gasteiger partial charge in [-0.3, -0.25) is 9.69 Å². The molecule has 1 saturated carbocycles. The third-order valence-corrected chi connectivity index (χ3v) is 7.30. The summed E-state index contributed by atoms with van der Waals surface area (Å²) in [5.74, 6) is 1.66. The molecular formula is C27H37NO3. The molecule has 4 nitrogen and oxygen atoms in total. The predicted octanol–water partition coefficient (Wildman–Crippen LogP) is 5.96. The molecule has 0 amide bonds. The van der Waals surface area contributed by atoms with E-state index in [9.17, 15) is 4.79 Å². The van der Waals surface area contributed by atoms with Gasteiger partial charge in [0.25, 0.3) is 0 Å². The first-order chi connectivity index (χ1) is 14.8.